The highest BCUT2D eigenvalue weighted by atomic mass is 16.1. The van der Waals surface area contributed by atoms with Crippen molar-refractivity contribution in [3.05, 3.63) is 18.5 Å². The van der Waals surface area contributed by atoms with Gasteiger partial charge in [-0.15, -0.1) is 0 Å². The zero-order chi connectivity index (χ0) is 11.3. The first-order chi connectivity index (χ1) is 7.06. The number of rotatable bonds is 3. The number of amides is 1. The topological polar surface area (TPSA) is 46.9 Å². The summed E-state index contributed by atoms with van der Waals surface area (Å²) in [7, 11) is 0. The zero-order valence-corrected chi connectivity index (χ0v) is 9.24. The van der Waals surface area contributed by atoms with Crippen LogP contribution in [0.25, 0.3) is 0 Å². The van der Waals surface area contributed by atoms with Crippen LogP contribution in [0.5, 0.6) is 0 Å². The second-order valence-electron chi connectivity index (χ2n) is 3.82. The molecule has 1 aromatic rings. The van der Waals surface area contributed by atoms with Crippen LogP contribution in [0.1, 0.15) is 20.8 Å². The predicted octanol–water partition coefficient (Wildman–Crippen LogP) is 0.758. The van der Waals surface area contributed by atoms with Gasteiger partial charge in [0, 0.05) is 18.9 Å². The zero-order valence-electron chi connectivity index (χ0n) is 9.24. The van der Waals surface area contributed by atoms with Gasteiger partial charge in [0.1, 0.15) is 0 Å². The molecule has 0 aromatic carbocycles. The first-order valence-electron chi connectivity index (χ1n) is 4.77. The van der Waals surface area contributed by atoms with Crippen LogP contribution >= 0.6 is 0 Å². The summed E-state index contributed by atoms with van der Waals surface area (Å²) in [6, 6.07) is 1.86. The molecule has 0 aliphatic heterocycles. The third-order valence-corrected chi connectivity index (χ3v) is 2.04. The van der Waals surface area contributed by atoms with Gasteiger partial charge in [0.2, 0.25) is 0 Å². The van der Waals surface area contributed by atoms with E-state index in [2.05, 4.69) is 22.3 Å². The number of hydrogen-bond donors (Lipinski definition) is 1. The second-order valence-corrected chi connectivity index (χ2v) is 3.82. The summed E-state index contributed by atoms with van der Waals surface area (Å²) >= 11 is 0. The van der Waals surface area contributed by atoms with E-state index in [1.807, 2.05) is 30.8 Å². The lowest BCUT2D eigenvalue weighted by molar-refractivity contribution is -0.116. The Morgan fingerprint density at radius 3 is 2.87 bits per heavy atom. The van der Waals surface area contributed by atoms with Crippen LogP contribution in [0.15, 0.2) is 18.5 Å². The van der Waals surface area contributed by atoms with Crippen molar-refractivity contribution < 1.29 is 4.79 Å². The molecule has 4 nitrogen and oxygen atoms in total. The number of hydrogen-bond acceptors (Lipinski definition) is 2. The monoisotopic (exact) mass is 205 g/mol. The van der Waals surface area contributed by atoms with E-state index in [1.54, 1.807) is 13.1 Å². The highest BCUT2D eigenvalue weighted by Gasteiger charge is 2.20. The average molecular weight is 205 g/mol. The molecule has 1 aromatic heterocycles. The molecule has 0 radical (unpaired) electrons. The molecular weight excluding hydrogens is 190 g/mol. The molecule has 0 aliphatic carbocycles. The Morgan fingerprint density at radius 2 is 2.33 bits per heavy atom. The van der Waals surface area contributed by atoms with E-state index in [4.69, 9.17) is 0 Å². The van der Waals surface area contributed by atoms with Crippen LogP contribution < -0.4 is 5.32 Å². The summed E-state index contributed by atoms with van der Waals surface area (Å²) in [6.45, 7) is 6.14. The predicted molar refractivity (Wildman–Crippen MR) is 58.0 cm³/mol. The second kappa shape index (κ2) is 4.65. The van der Waals surface area contributed by atoms with E-state index in [0.717, 1.165) is 0 Å². The van der Waals surface area contributed by atoms with E-state index >= 15 is 0 Å². The summed E-state index contributed by atoms with van der Waals surface area (Å²) in [5.41, 5.74) is -0.241. The molecule has 0 saturated heterocycles. The number of aromatic nitrogens is 2. The van der Waals surface area contributed by atoms with Crippen LogP contribution in [0.2, 0.25) is 0 Å². The van der Waals surface area contributed by atoms with Crippen LogP contribution in [0, 0.1) is 11.8 Å². The van der Waals surface area contributed by atoms with Gasteiger partial charge in [0.05, 0.1) is 5.54 Å². The van der Waals surface area contributed by atoms with Crippen LogP contribution in [-0.2, 0) is 10.3 Å². The maximum atomic E-state index is 11.1. The lowest BCUT2D eigenvalue weighted by Crippen LogP contribution is -2.40. The lowest BCUT2D eigenvalue weighted by atomic mass is 10.1. The van der Waals surface area contributed by atoms with E-state index in [1.165, 1.54) is 0 Å². The molecule has 1 heterocycles. The molecule has 0 bridgehead atoms. The van der Waals surface area contributed by atoms with Gasteiger partial charge in [-0.3, -0.25) is 9.48 Å². The Kier molecular flexibility index (Phi) is 3.51. The van der Waals surface area contributed by atoms with E-state index < -0.39 is 0 Å². The van der Waals surface area contributed by atoms with Crippen molar-refractivity contribution in [2.45, 2.75) is 26.3 Å². The molecular formula is C11H15N3O. The fraction of sp³-hybridized carbons (Fsp3) is 0.455. The molecule has 0 unspecified atom stereocenters. The van der Waals surface area contributed by atoms with E-state index in [0.29, 0.717) is 6.54 Å². The molecule has 0 aliphatic rings. The van der Waals surface area contributed by atoms with Gasteiger partial charge < -0.3 is 5.32 Å². The normalized spacial score (nSPS) is 10.3. The molecule has 15 heavy (non-hydrogen) atoms. The smallest absolute Gasteiger partial charge is 0.295 e. The summed E-state index contributed by atoms with van der Waals surface area (Å²) in [5, 5.41) is 6.88. The molecule has 4 heteroatoms. The van der Waals surface area contributed by atoms with Gasteiger partial charge in [0.25, 0.3) is 5.91 Å². The molecule has 1 amide bonds. The standard InChI is InChI=1S/C11H15N3O/c1-4-6-10(15)12-9-11(2,3)14-8-5-7-13-14/h5,7-8H,9H2,1-3H3,(H,12,15). The van der Waals surface area contributed by atoms with Crippen LogP contribution in [-0.4, -0.2) is 22.2 Å². The number of carbonyl (C=O) groups is 1. The van der Waals surface area contributed by atoms with Crippen LogP contribution in [0.4, 0.5) is 0 Å². The lowest BCUT2D eigenvalue weighted by Gasteiger charge is -2.25. The van der Waals surface area contributed by atoms with Gasteiger partial charge in [-0.25, -0.2) is 0 Å². The molecule has 1 rings (SSSR count). The third kappa shape index (κ3) is 3.13. The van der Waals surface area contributed by atoms with Gasteiger partial charge in [0.15, 0.2) is 0 Å². The van der Waals surface area contributed by atoms with Crippen molar-refractivity contribution in [3.63, 3.8) is 0 Å². The summed E-state index contributed by atoms with van der Waals surface area (Å²) in [6.07, 6.45) is 3.59. The van der Waals surface area contributed by atoms with Gasteiger partial charge >= 0.3 is 0 Å². The summed E-state index contributed by atoms with van der Waals surface area (Å²) in [4.78, 5) is 11.1. The Balaban J connectivity index is 2.57. The minimum Gasteiger partial charge on any atom is -0.343 e. The number of nitrogens with one attached hydrogen (secondary N) is 1. The minimum atomic E-state index is -0.252. The SMILES string of the molecule is CC#CC(=O)NCC(C)(C)n1cccn1. The van der Waals surface area contributed by atoms with Gasteiger partial charge in [-0.2, -0.15) is 5.10 Å². The Hall–Kier alpha value is -1.76. The maximum Gasteiger partial charge on any atom is 0.295 e. The number of carbonyl (C=O) groups excluding carboxylic acids is 1. The minimum absolute atomic E-state index is 0.241. The average Bonchev–Trinajstić information content (AvgIpc) is 2.69. The fourth-order valence-corrected chi connectivity index (χ4v) is 1.16. The van der Waals surface area contributed by atoms with E-state index in [-0.39, 0.29) is 11.4 Å². The van der Waals surface area contributed by atoms with Crippen molar-refractivity contribution in [2.75, 3.05) is 6.54 Å². The number of nitrogens with zero attached hydrogens (tertiary/aromatic N) is 2. The fourth-order valence-electron chi connectivity index (χ4n) is 1.16. The molecule has 1 N–H and O–H groups in total. The Labute approximate surface area is 89.7 Å². The molecule has 0 fully saturated rings. The van der Waals surface area contributed by atoms with Crippen molar-refractivity contribution in [3.8, 4) is 11.8 Å². The molecule has 80 valence electrons. The first kappa shape index (κ1) is 11.3. The maximum absolute atomic E-state index is 11.1. The Morgan fingerprint density at radius 1 is 1.60 bits per heavy atom. The highest BCUT2D eigenvalue weighted by molar-refractivity contribution is 5.93. The molecule has 0 spiro atoms. The van der Waals surface area contributed by atoms with Crippen molar-refractivity contribution in [1.29, 1.82) is 0 Å². The summed E-state index contributed by atoms with van der Waals surface area (Å²) < 4.78 is 1.81. The van der Waals surface area contributed by atoms with Crippen molar-refractivity contribution in [1.82, 2.24) is 15.1 Å². The van der Waals surface area contributed by atoms with Gasteiger partial charge in [-0.1, -0.05) is 5.92 Å². The summed E-state index contributed by atoms with van der Waals surface area (Å²) in [5.74, 6) is 4.74. The Bertz CT molecular complexity index is 382. The van der Waals surface area contributed by atoms with Crippen molar-refractivity contribution >= 4 is 5.91 Å². The highest BCUT2D eigenvalue weighted by Crippen LogP contribution is 2.11. The van der Waals surface area contributed by atoms with Gasteiger partial charge in [-0.05, 0) is 32.8 Å². The quantitative estimate of drug-likeness (QED) is 0.740. The third-order valence-electron chi connectivity index (χ3n) is 2.04. The molecule has 0 saturated carbocycles. The largest absolute Gasteiger partial charge is 0.343 e. The first-order valence-corrected chi connectivity index (χ1v) is 4.77. The van der Waals surface area contributed by atoms with Crippen LogP contribution in [0.3, 0.4) is 0 Å². The van der Waals surface area contributed by atoms with Crippen molar-refractivity contribution in [2.24, 2.45) is 0 Å². The molecule has 0 atom stereocenters. The van der Waals surface area contributed by atoms with E-state index in [9.17, 15) is 4.79 Å².